The van der Waals surface area contributed by atoms with Gasteiger partial charge in [0.1, 0.15) is 0 Å². The lowest BCUT2D eigenvalue weighted by Crippen LogP contribution is -2.02. The highest BCUT2D eigenvalue weighted by molar-refractivity contribution is 7.98. The number of nitrogen functional groups attached to an aromatic ring is 1. The fourth-order valence-corrected chi connectivity index (χ4v) is 2.02. The quantitative estimate of drug-likeness (QED) is 0.595. The highest BCUT2D eigenvalue weighted by atomic mass is 35.5. The number of anilines is 2. The van der Waals surface area contributed by atoms with E-state index in [9.17, 15) is 0 Å². The maximum absolute atomic E-state index is 6.02. The van der Waals surface area contributed by atoms with Gasteiger partial charge in [0.15, 0.2) is 0 Å². The summed E-state index contributed by atoms with van der Waals surface area (Å²) in [6.45, 7) is 0.962. The van der Waals surface area contributed by atoms with Crippen molar-refractivity contribution in [3.05, 3.63) is 23.2 Å². The van der Waals surface area contributed by atoms with Gasteiger partial charge in [-0.3, -0.25) is 0 Å². The monoisotopic (exact) mass is 244 g/mol. The zero-order chi connectivity index (χ0) is 11.1. The molecule has 0 saturated heterocycles. The van der Waals surface area contributed by atoms with E-state index in [2.05, 4.69) is 11.6 Å². The van der Waals surface area contributed by atoms with Crippen molar-refractivity contribution in [1.29, 1.82) is 0 Å². The van der Waals surface area contributed by atoms with Crippen LogP contribution in [0.2, 0.25) is 5.02 Å². The van der Waals surface area contributed by atoms with E-state index in [4.69, 9.17) is 17.3 Å². The highest BCUT2D eigenvalue weighted by Crippen LogP contribution is 2.23. The van der Waals surface area contributed by atoms with Crippen LogP contribution in [0.15, 0.2) is 18.2 Å². The number of thioether (sulfide) groups is 1. The number of hydrogen-bond acceptors (Lipinski definition) is 3. The van der Waals surface area contributed by atoms with Crippen LogP contribution in [0.25, 0.3) is 0 Å². The summed E-state index contributed by atoms with van der Waals surface area (Å²) < 4.78 is 0. The zero-order valence-corrected chi connectivity index (χ0v) is 10.5. The van der Waals surface area contributed by atoms with Crippen LogP contribution in [-0.4, -0.2) is 18.6 Å². The van der Waals surface area contributed by atoms with Crippen LogP contribution in [0.3, 0.4) is 0 Å². The molecule has 0 unspecified atom stereocenters. The molecular weight excluding hydrogens is 228 g/mol. The normalized spacial score (nSPS) is 10.3. The first kappa shape index (κ1) is 12.5. The third-order valence-electron chi connectivity index (χ3n) is 2.08. The molecule has 0 aliphatic carbocycles. The van der Waals surface area contributed by atoms with Gasteiger partial charge in [-0.1, -0.05) is 11.6 Å². The van der Waals surface area contributed by atoms with E-state index in [1.54, 1.807) is 6.07 Å². The number of hydrogen-bond donors (Lipinski definition) is 2. The molecule has 15 heavy (non-hydrogen) atoms. The summed E-state index contributed by atoms with van der Waals surface area (Å²) in [5.41, 5.74) is 7.28. The fourth-order valence-electron chi connectivity index (χ4n) is 1.27. The lowest BCUT2D eigenvalue weighted by Gasteiger charge is -2.08. The maximum Gasteiger partial charge on any atom is 0.0657 e. The molecule has 2 nitrogen and oxygen atoms in total. The second-order valence-electron chi connectivity index (χ2n) is 3.37. The third-order valence-corrected chi connectivity index (χ3v) is 3.09. The van der Waals surface area contributed by atoms with Crippen molar-refractivity contribution in [3.8, 4) is 0 Å². The van der Waals surface area contributed by atoms with Crippen molar-refractivity contribution >= 4 is 34.7 Å². The SMILES string of the molecule is CSCCCCNc1ccc(N)cc1Cl. The molecule has 1 aromatic rings. The Morgan fingerprint density at radius 3 is 2.87 bits per heavy atom. The molecule has 4 heteroatoms. The molecule has 1 aromatic carbocycles. The summed E-state index contributed by atoms with van der Waals surface area (Å²) in [6, 6.07) is 5.55. The Kier molecular flexibility index (Phi) is 5.73. The first-order valence-corrected chi connectivity index (χ1v) is 6.79. The minimum atomic E-state index is 0.694. The van der Waals surface area contributed by atoms with E-state index >= 15 is 0 Å². The molecule has 0 saturated carbocycles. The molecule has 0 atom stereocenters. The van der Waals surface area contributed by atoms with Crippen LogP contribution in [0.1, 0.15) is 12.8 Å². The minimum Gasteiger partial charge on any atom is -0.399 e. The molecule has 0 heterocycles. The van der Waals surface area contributed by atoms with Crippen molar-refractivity contribution < 1.29 is 0 Å². The average molecular weight is 245 g/mol. The van der Waals surface area contributed by atoms with E-state index < -0.39 is 0 Å². The van der Waals surface area contributed by atoms with Crippen LogP contribution in [0.4, 0.5) is 11.4 Å². The molecule has 0 aromatic heterocycles. The number of nitrogens with one attached hydrogen (secondary N) is 1. The van der Waals surface area contributed by atoms with Crippen molar-refractivity contribution in [2.45, 2.75) is 12.8 Å². The van der Waals surface area contributed by atoms with Crippen molar-refractivity contribution in [1.82, 2.24) is 0 Å². The molecule has 84 valence electrons. The van der Waals surface area contributed by atoms with Gasteiger partial charge in [-0.2, -0.15) is 11.8 Å². The van der Waals surface area contributed by atoms with Gasteiger partial charge in [0.25, 0.3) is 0 Å². The summed E-state index contributed by atoms with van der Waals surface area (Å²) in [6.07, 6.45) is 4.53. The van der Waals surface area contributed by atoms with Gasteiger partial charge < -0.3 is 11.1 Å². The van der Waals surface area contributed by atoms with Crippen LogP contribution >= 0.6 is 23.4 Å². The topological polar surface area (TPSA) is 38.0 Å². The predicted molar refractivity (Wildman–Crippen MR) is 72.0 cm³/mol. The average Bonchev–Trinajstić information content (AvgIpc) is 2.20. The Morgan fingerprint density at radius 1 is 1.40 bits per heavy atom. The summed E-state index contributed by atoms with van der Waals surface area (Å²) in [4.78, 5) is 0. The van der Waals surface area contributed by atoms with Crippen molar-refractivity contribution in [3.63, 3.8) is 0 Å². The minimum absolute atomic E-state index is 0.694. The second kappa shape index (κ2) is 6.85. The molecular formula is C11H17ClN2S. The van der Waals surface area contributed by atoms with Gasteiger partial charge >= 0.3 is 0 Å². The molecule has 0 aliphatic rings. The van der Waals surface area contributed by atoms with Crippen LogP contribution < -0.4 is 11.1 Å². The van der Waals surface area contributed by atoms with Crippen LogP contribution in [0, 0.1) is 0 Å². The summed E-state index contributed by atoms with van der Waals surface area (Å²) >= 11 is 7.91. The number of rotatable bonds is 6. The predicted octanol–water partition coefficient (Wildman–Crippen LogP) is 3.48. The van der Waals surface area contributed by atoms with Gasteiger partial charge in [-0.25, -0.2) is 0 Å². The second-order valence-corrected chi connectivity index (χ2v) is 4.76. The number of unbranched alkanes of at least 4 members (excludes halogenated alkanes) is 1. The summed E-state index contributed by atoms with van der Waals surface area (Å²) in [7, 11) is 0. The van der Waals surface area contributed by atoms with Gasteiger partial charge in [0.05, 0.1) is 10.7 Å². The largest absolute Gasteiger partial charge is 0.399 e. The molecule has 0 aliphatic heterocycles. The molecule has 0 fully saturated rings. The smallest absolute Gasteiger partial charge is 0.0657 e. The Bertz CT molecular complexity index is 305. The van der Waals surface area contributed by atoms with Gasteiger partial charge in [0.2, 0.25) is 0 Å². The lowest BCUT2D eigenvalue weighted by atomic mass is 10.2. The Labute approximate surface area is 101 Å². The molecule has 3 N–H and O–H groups in total. The highest BCUT2D eigenvalue weighted by Gasteiger charge is 1.99. The van der Waals surface area contributed by atoms with Gasteiger partial charge in [-0.05, 0) is 43.0 Å². The maximum atomic E-state index is 6.02. The molecule has 0 spiro atoms. The van der Waals surface area contributed by atoms with Crippen LogP contribution in [-0.2, 0) is 0 Å². The number of halogens is 1. The third kappa shape index (κ3) is 4.67. The van der Waals surface area contributed by atoms with E-state index in [0.717, 1.165) is 12.2 Å². The van der Waals surface area contributed by atoms with Gasteiger partial charge in [0, 0.05) is 12.2 Å². The van der Waals surface area contributed by atoms with Crippen molar-refractivity contribution in [2.75, 3.05) is 29.6 Å². The number of nitrogens with two attached hydrogens (primary N) is 1. The lowest BCUT2D eigenvalue weighted by molar-refractivity contribution is 0.843. The molecule has 1 rings (SSSR count). The molecule has 0 bridgehead atoms. The Hall–Kier alpha value is -0.540. The Morgan fingerprint density at radius 2 is 2.20 bits per heavy atom. The van der Waals surface area contributed by atoms with E-state index in [1.165, 1.54) is 18.6 Å². The summed E-state index contributed by atoms with van der Waals surface area (Å²) in [5.74, 6) is 1.22. The van der Waals surface area contributed by atoms with Crippen LogP contribution in [0.5, 0.6) is 0 Å². The summed E-state index contributed by atoms with van der Waals surface area (Å²) in [5, 5.41) is 4.00. The van der Waals surface area contributed by atoms with Crippen molar-refractivity contribution in [2.24, 2.45) is 0 Å². The van der Waals surface area contributed by atoms with E-state index in [1.807, 2.05) is 23.9 Å². The first-order chi connectivity index (χ1) is 7.24. The zero-order valence-electron chi connectivity index (χ0n) is 8.92. The fraction of sp³-hybridized carbons (Fsp3) is 0.455. The Balaban J connectivity index is 2.31. The standard InChI is InChI=1S/C11H17ClN2S/c1-15-7-3-2-6-14-11-5-4-9(13)8-10(11)12/h4-5,8,14H,2-3,6-7,13H2,1H3. The van der Waals surface area contributed by atoms with E-state index in [0.29, 0.717) is 10.7 Å². The molecule has 0 radical (unpaired) electrons. The van der Waals surface area contributed by atoms with E-state index in [-0.39, 0.29) is 0 Å². The first-order valence-electron chi connectivity index (χ1n) is 5.02. The number of benzene rings is 1. The molecule has 0 amide bonds. The van der Waals surface area contributed by atoms with Gasteiger partial charge in [-0.15, -0.1) is 0 Å².